The van der Waals surface area contributed by atoms with Crippen molar-refractivity contribution < 1.29 is 9.53 Å². The van der Waals surface area contributed by atoms with Crippen LogP contribution in [0, 0.1) is 5.92 Å². The van der Waals surface area contributed by atoms with E-state index in [1.165, 1.54) is 0 Å². The molecule has 30 heavy (non-hydrogen) atoms. The van der Waals surface area contributed by atoms with E-state index in [0.717, 1.165) is 46.1 Å². The molecule has 0 saturated carbocycles. The molecule has 7 heteroatoms. The Kier molecular flexibility index (Phi) is 4.50. The van der Waals surface area contributed by atoms with Crippen molar-refractivity contribution in [3.63, 3.8) is 0 Å². The van der Waals surface area contributed by atoms with Crippen LogP contribution in [0.2, 0.25) is 0 Å². The maximum atomic E-state index is 13.2. The third kappa shape index (κ3) is 3.12. The average Bonchev–Trinajstić information content (AvgIpc) is 2.77. The van der Waals surface area contributed by atoms with Crippen LogP contribution in [0.5, 0.6) is 0 Å². The Bertz CT molecular complexity index is 1350. The summed E-state index contributed by atoms with van der Waals surface area (Å²) in [6.07, 6.45) is 2.68. The van der Waals surface area contributed by atoms with Crippen molar-refractivity contribution in [2.24, 2.45) is 5.92 Å². The van der Waals surface area contributed by atoms with E-state index in [9.17, 15) is 9.59 Å². The molecular weight excluding hydrogens is 380 g/mol. The Balaban J connectivity index is 1.52. The van der Waals surface area contributed by atoms with Gasteiger partial charge in [-0.15, -0.1) is 5.10 Å². The number of benzene rings is 2. The fourth-order valence-electron chi connectivity index (χ4n) is 4.10. The van der Waals surface area contributed by atoms with Gasteiger partial charge in [0.15, 0.2) is 6.73 Å². The first-order chi connectivity index (χ1) is 14.6. The first-order valence-corrected chi connectivity index (χ1v) is 10.0. The van der Waals surface area contributed by atoms with E-state index in [-0.39, 0.29) is 12.3 Å². The van der Waals surface area contributed by atoms with E-state index in [1.54, 1.807) is 24.3 Å². The smallest absolute Gasteiger partial charge is 0.340 e. The van der Waals surface area contributed by atoms with Crippen molar-refractivity contribution in [2.45, 2.75) is 32.9 Å². The van der Waals surface area contributed by atoms with Gasteiger partial charge in [-0.1, -0.05) is 42.5 Å². The van der Waals surface area contributed by atoms with Gasteiger partial charge in [0.1, 0.15) is 5.52 Å². The van der Waals surface area contributed by atoms with Crippen LogP contribution >= 0.6 is 0 Å². The highest BCUT2D eigenvalue weighted by atomic mass is 16.5. The van der Waals surface area contributed by atoms with Crippen LogP contribution < -0.4 is 5.56 Å². The lowest BCUT2D eigenvalue weighted by Gasteiger charge is -2.24. The summed E-state index contributed by atoms with van der Waals surface area (Å²) in [7, 11) is 0. The molecule has 5 rings (SSSR count). The molecule has 2 aromatic carbocycles. The summed E-state index contributed by atoms with van der Waals surface area (Å²) in [5.41, 5.74) is 3.40. The van der Waals surface area contributed by atoms with E-state index in [0.29, 0.717) is 22.4 Å². The highest BCUT2D eigenvalue weighted by Gasteiger charge is 2.26. The number of ether oxygens (including phenoxy) is 1. The van der Waals surface area contributed by atoms with Crippen LogP contribution in [-0.2, 0) is 24.3 Å². The van der Waals surface area contributed by atoms with Crippen LogP contribution in [-0.4, -0.2) is 25.9 Å². The van der Waals surface area contributed by atoms with Crippen LogP contribution in [0.3, 0.4) is 0 Å². The van der Waals surface area contributed by atoms with E-state index >= 15 is 0 Å². The van der Waals surface area contributed by atoms with Crippen molar-refractivity contribution in [3.05, 3.63) is 75.7 Å². The lowest BCUT2D eigenvalue weighted by atomic mass is 9.84. The minimum absolute atomic E-state index is 0.295. The maximum absolute atomic E-state index is 13.2. The Morgan fingerprint density at radius 3 is 2.67 bits per heavy atom. The summed E-state index contributed by atoms with van der Waals surface area (Å²) in [5.74, 6) is 0.00166. The molecule has 0 fully saturated rings. The molecule has 1 atom stereocenters. The fraction of sp³-hybridized carbons (Fsp3) is 0.261. The Morgan fingerprint density at radius 2 is 1.83 bits per heavy atom. The zero-order chi connectivity index (χ0) is 20.7. The summed E-state index contributed by atoms with van der Waals surface area (Å²) in [4.78, 5) is 30.6. The van der Waals surface area contributed by atoms with E-state index in [4.69, 9.17) is 9.72 Å². The molecule has 2 aromatic heterocycles. The summed E-state index contributed by atoms with van der Waals surface area (Å²) in [6, 6.07) is 14.5. The van der Waals surface area contributed by atoms with Crippen molar-refractivity contribution in [1.82, 2.24) is 20.0 Å². The third-order valence-corrected chi connectivity index (χ3v) is 5.66. The normalized spacial score (nSPS) is 15.8. The molecule has 150 valence electrons. The summed E-state index contributed by atoms with van der Waals surface area (Å²) >= 11 is 0. The standard InChI is InChI=1S/C23H20N4O3/c1-14-10-11-19-17(12-14)21(15-6-2-4-8-18(15)24-19)23(29)30-13-27-22(28)16-7-3-5-9-20(16)25-26-27/h2-9,14H,10-13H2,1H3/t14-/m1/s1. The van der Waals surface area contributed by atoms with Crippen molar-refractivity contribution in [1.29, 1.82) is 0 Å². The van der Waals surface area contributed by atoms with Gasteiger partial charge >= 0.3 is 5.97 Å². The fourth-order valence-corrected chi connectivity index (χ4v) is 4.10. The maximum Gasteiger partial charge on any atom is 0.340 e. The number of pyridine rings is 1. The lowest BCUT2D eigenvalue weighted by Crippen LogP contribution is -2.27. The van der Waals surface area contributed by atoms with Gasteiger partial charge in [-0.05, 0) is 48.9 Å². The quantitative estimate of drug-likeness (QED) is 0.491. The number of aryl methyl sites for hydroxylation is 1. The molecule has 0 spiro atoms. The number of esters is 1. The molecule has 4 aromatic rings. The number of hydrogen-bond donors (Lipinski definition) is 0. The molecule has 0 amide bonds. The van der Waals surface area contributed by atoms with E-state index in [2.05, 4.69) is 17.2 Å². The molecule has 0 aliphatic heterocycles. The minimum atomic E-state index is -0.471. The monoisotopic (exact) mass is 400 g/mol. The van der Waals surface area contributed by atoms with Gasteiger partial charge in [0.05, 0.1) is 16.5 Å². The second-order valence-corrected chi connectivity index (χ2v) is 7.75. The molecule has 7 nitrogen and oxygen atoms in total. The van der Waals surface area contributed by atoms with Crippen LogP contribution in [0.1, 0.15) is 35.0 Å². The number of carbonyl (C=O) groups excluding carboxylic acids is 1. The first kappa shape index (κ1) is 18.4. The molecule has 0 unspecified atom stereocenters. The minimum Gasteiger partial charge on any atom is -0.439 e. The number of aromatic nitrogens is 4. The summed E-state index contributed by atoms with van der Waals surface area (Å²) in [6.45, 7) is 1.88. The van der Waals surface area contributed by atoms with Gasteiger partial charge in [-0.2, -0.15) is 4.68 Å². The molecule has 0 saturated heterocycles. The molecule has 0 N–H and O–H groups in total. The number of fused-ring (bicyclic) bond motifs is 3. The molecule has 0 radical (unpaired) electrons. The molecule has 1 aliphatic carbocycles. The second kappa shape index (κ2) is 7.33. The van der Waals surface area contributed by atoms with Gasteiger partial charge in [-0.25, -0.2) is 4.79 Å². The molecular formula is C23H20N4O3. The Hall–Kier alpha value is -3.61. The van der Waals surface area contributed by atoms with Gasteiger partial charge < -0.3 is 4.74 Å². The van der Waals surface area contributed by atoms with Crippen LogP contribution in [0.15, 0.2) is 53.3 Å². The number of nitrogens with zero attached hydrogens (tertiary/aromatic N) is 4. The zero-order valence-corrected chi connectivity index (χ0v) is 16.5. The van der Waals surface area contributed by atoms with Crippen molar-refractivity contribution >= 4 is 27.8 Å². The second-order valence-electron chi connectivity index (χ2n) is 7.75. The van der Waals surface area contributed by atoms with Crippen molar-refractivity contribution in [3.8, 4) is 0 Å². The van der Waals surface area contributed by atoms with Gasteiger partial charge in [-0.3, -0.25) is 9.78 Å². The first-order valence-electron chi connectivity index (χ1n) is 10.0. The number of hydrogen-bond acceptors (Lipinski definition) is 6. The van der Waals surface area contributed by atoms with Crippen molar-refractivity contribution in [2.75, 3.05) is 0 Å². The lowest BCUT2D eigenvalue weighted by molar-refractivity contribution is 0.0336. The Morgan fingerprint density at radius 1 is 1.10 bits per heavy atom. The van der Waals surface area contributed by atoms with Gasteiger partial charge in [0.2, 0.25) is 0 Å². The highest BCUT2D eigenvalue weighted by molar-refractivity contribution is 6.05. The number of rotatable bonds is 3. The molecule has 1 aliphatic rings. The topological polar surface area (TPSA) is 87.0 Å². The third-order valence-electron chi connectivity index (χ3n) is 5.66. The highest BCUT2D eigenvalue weighted by Crippen LogP contribution is 2.32. The van der Waals surface area contributed by atoms with Crippen LogP contribution in [0.25, 0.3) is 21.8 Å². The van der Waals surface area contributed by atoms with Gasteiger partial charge in [0.25, 0.3) is 5.56 Å². The molecule has 2 heterocycles. The predicted molar refractivity (Wildman–Crippen MR) is 112 cm³/mol. The van der Waals surface area contributed by atoms with Gasteiger partial charge in [0, 0.05) is 11.1 Å². The SMILES string of the molecule is C[C@@H]1CCc2nc3ccccc3c(C(=O)OCn3nnc4ccccc4c3=O)c2C1. The average molecular weight is 400 g/mol. The zero-order valence-electron chi connectivity index (χ0n) is 16.5. The van der Waals surface area contributed by atoms with E-state index < -0.39 is 5.97 Å². The summed E-state index contributed by atoms with van der Waals surface area (Å²) < 4.78 is 6.62. The molecule has 0 bridgehead atoms. The number of carbonyl (C=O) groups is 1. The van der Waals surface area contributed by atoms with Crippen LogP contribution in [0.4, 0.5) is 0 Å². The predicted octanol–water partition coefficient (Wildman–Crippen LogP) is 3.28. The number of para-hydroxylation sites is 1. The van der Waals surface area contributed by atoms with E-state index in [1.807, 2.05) is 24.3 Å². The Labute approximate surface area is 172 Å². The summed E-state index contributed by atoms with van der Waals surface area (Å²) in [5, 5.41) is 9.14. The largest absolute Gasteiger partial charge is 0.439 e.